The fourth-order valence-electron chi connectivity index (χ4n) is 2.38. The van der Waals surface area contributed by atoms with Crippen LogP contribution in [-0.2, 0) is 17.7 Å². The van der Waals surface area contributed by atoms with Gasteiger partial charge < -0.3 is 10.1 Å². The summed E-state index contributed by atoms with van der Waals surface area (Å²) in [6.45, 7) is 3.40. The molecular weight excluding hydrogens is 268 g/mol. The Kier molecular flexibility index (Phi) is 3.62. The predicted molar refractivity (Wildman–Crippen MR) is 76.8 cm³/mol. The summed E-state index contributed by atoms with van der Waals surface area (Å²) < 4.78 is 4.84. The number of pyridine rings is 1. The van der Waals surface area contributed by atoms with Crippen LogP contribution in [-0.4, -0.2) is 34.6 Å². The van der Waals surface area contributed by atoms with Crippen molar-refractivity contribution in [2.45, 2.75) is 19.9 Å². The van der Waals surface area contributed by atoms with E-state index in [0.717, 1.165) is 29.8 Å². The lowest BCUT2D eigenvalue weighted by Crippen LogP contribution is -2.28. The van der Waals surface area contributed by atoms with Crippen molar-refractivity contribution in [1.82, 2.24) is 20.3 Å². The SMILES string of the molecule is COC(=O)c1nc(-c2cc(C)ccn2)nc2c1CNCC2. The monoisotopic (exact) mass is 284 g/mol. The zero-order chi connectivity index (χ0) is 14.8. The Morgan fingerprint density at radius 2 is 2.24 bits per heavy atom. The van der Waals surface area contributed by atoms with Crippen LogP contribution in [0.4, 0.5) is 0 Å². The number of aromatic nitrogens is 3. The van der Waals surface area contributed by atoms with Crippen molar-refractivity contribution in [3.8, 4) is 11.5 Å². The zero-order valence-corrected chi connectivity index (χ0v) is 12.0. The number of aryl methyl sites for hydroxylation is 1. The molecule has 0 radical (unpaired) electrons. The molecule has 0 fully saturated rings. The number of rotatable bonds is 2. The van der Waals surface area contributed by atoms with Gasteiger partial charge in [-0.25, -0.2) is 14.8 Å². The molecule has 0 amide bonds. The molecule has 0 bridgehead atoms. The van der Waals surface area contributed by atoms with Gasteiger partial charge in [0.2, 0.25) is 0 Å². The van der Waals surface area contributed by atoms with Gasteiger partial charge in [-0.3, -0.25) is 4.98 Å². The molecule has 0 atom stereocenters. The van der Waals surface area contributed by atoms with E-state index in [-0.39, 0.29) is 0 Å². The maximum absolute atomic E-state index is 12.0. The fraction of sp³-hybridized carbons (Fsp3) is 0.333. The zero-order valence-electron chi connectivity index (χ0n) is 12.0. The summed E-state index contributed by atoms with van der Waals surface area (Å²) in [6.07, 6.45) is 2.48. The van der Waals surface area contributed by atoms with E-state index in [1.807, 2.05) is 19.1 Å². The van der Waals surface area contributed by atoms with Gasteiger partial charge in [0.15, 0.2) is 11.5 Å². The lowest BCUT2D eigenvalue weighted by atomic mass is 10.0. The molecule has 1 aliphatic heterocycles. The highest BCUT2D eigenvalue weighted by atomic mass is 16.5. The molecular formula is C15H16N4O2. The first kappa shape index (κ1) is 13.6. The Balaban J connectivity index is 2.16. The second-order valence-corrected chi connectivity index (χ2v) is 4.96. The maximum Gasteiger partial charge on any atom is 0.357 e. The number of nitrogens with one attached hydrogen (secondary N) is 1. The molecule has 6 heteroatoms. The van der Waals surface area contributed by atoms with Crippen LogP contribution in [0.3, 0.4) is 0 Å². The normalized spacial score (nSPS) is 13.6. The number of fused-ring (bicyclic) bond motifs is 1. The van der Waals surface area contributed by atoms with E-state index in [9.17, 15) is 4.79 Å². The fourth-order valence-corrected chi connectivity index (χ4v) is 2.38. The van der Waals surface area contributed by atoms with Crippen LogP contribution in [0, 0.1) is 6.92 Å². The van der Waals surface area contributed by atoms with Crippen LogP contribution in [0.5, 0.6) is 0 Å². The van der Waals surface area contributed by atoms with E-state index in [4.69, 9.17) is 4.74 Å². The average Bonchev–Trinajstić information content (AvgIpc) is 2.53. The van der Waals surface area contributed by atoms with Crippen molar-refractivity contribution in [3.05, 3.63) is 40.8 Å². The van der Waals surface area contributed by atoms with Crippen molar-refractivity contribution in [3.63, 3.8) is 0 Å². The van der Waals surface area contributed by atoms with Crippen LogP contribution in [0.1, 0.15) is 27.3 Å². The third-order valence-corrected chi connectivity index (χ3v) is 3.46. The summed E-state index contributed by atoms with van der Waals surface area (Å²) in [7, 11) is 1.36. The van der Waals surface area contributed by atoms with Gasteiger partial charge in [-0.1, -0.05) is 0 Å². The highest BCUT2D eigenvalue weighted by Gasteiger charge is 2.23. The van der Waals surface area contributed by atoms with Gasteiger partial charge in [0.25, 0.3) is 0 Å². The number of methoxy groups -OCH3 is 1. The summed E-state index contributed by atoms with van der Waals surface area (Å²) >= 11 is 0. The van der Waals surface area contributed by atoms with Gasteiger partial charge in [-0.15, -0.1) is 0 Å². The van der Waals surface area contributed by atoms with Gasteiger partial charge in [0.05, 0.1) is 12.8 Å². The number of hydrogen-bond acceptors (Lipinski definition) is 6. The minimum absolute atomic E-state index is 0.327. The van der Waals surface area contributed by atoms with Crippen LogP contribution in [0.15, 0.2) is 18.3 Å². The average molecular weight is 284 g/mol. The second-order valence-electron chi connectivity index (χ2n) is 4.96. The standard InChI is InChI=1S/C15H16N4O2/c1-9-3-6-17-12(7-9)14-18-11-4-5-16-8-10(11)13(19-14)15(20)21-2/h3,6-7,16H,4-5,8H2,1-2H3. The van der Waals surface area contributed by atoms with Gasteiger partial charge in [-0.05, 0) is 24.6 Å². The molecule has 108 valence electrons. The molecule has 2 aromatic heterocycles. The summed E-state index contributed by atoms with van der Waals surface area (Å²) in [4.78, 5) is 25.2. The first-order valence-electron chi connectivity index (χ1n) is 6.81. The lowest BCUT2D eigenvalue weighted by molar-refractivity contribution is 0.0592. The molecule has 0 unspecified atom stereocenters. The first-order valence-corrected chi connectivity index (χ1v) is 6.81. The molecule has 1 N–H and O–H groups in total. The molecule has 2 aromatic rings. The number of esters is 1. The lowest BCUT2D eigenvalue weighted by Gasteiger charge is -2.19. The van der Waals surface area contributed by atoms with Crippen molar-refractivity contribution < 1.29 is 9.53 Å². The molecule has 21 heavy (non-hydrogen) atoms. The topological polar surface area (TPSA) is 77.0 Å². The molecule has 6 nitrogen and oxygen atoms in total. The number of nitrogens with zero attached hydrogens (tertiary/aromatic N) is 3. The van der Waals surface area contributed by atoms with Gasteiger partial charge >= 0.3 is 5.97 Å². The third-order valence-electron chi connectivity index (χ3n) is 3.46. The van der Waals surface area contributed by atoms with Crippen LogP contribution in [0.2, 0.25) is 0 Å². The van der Waals surface area contributed by atoms with Gasteiger partial charge in [0, 0.05) is 31.3 Å². The van der Waals surface area contributed by atoms with E-state index >= 15 is 0 Å². The molecule has 0 saturated heterocycles. The van der Waals surface area contributed by atoms with E-state index in [1.165, 1.54) is 7.11 Å². The summed E-state index contributed by atoms with van der Waals surface area (Å²) in [6, 6.07) is 3.82. The first-order chi connectivity index (χ1) is 10.2. The van der Waals surface area contributed by atoms with Crippen molar-refractivity contribution in [1.29, 1.82) is 0 Å². The van der Waals surface area contributed by atoms with E-state index in [2.05, 4.69) is 20.3 Å². The smallest absolute Gasteiger partial charge is 0.357 e. The molecule has 0 aliphatic carbocycles. The van der Waals surface area contributed by atoms with Crippen molar-refractivity contribution in [2.24, 2.45) is 0 Å². The molecule has 3 rings (SSSR count). The van der Waals surface area contributed by atoms with Gasteiger partial charge in [0.1, 0.15) is 5.69 Å². The number of carbonyl (C=O) groups is 1. The van der Waals surface area contributed by atoms with E-state index < -0.39 is 5.97 Å². The Labute approximate surface area is 122 Å². The van der Waals surface area contributed by atoms with Crippen LogP contribution in [0.25, 0.3) is 11.5 Å². The third kappa shape index (κ3) is 2.62. The molecule has 0 aromatic carbocycles. The Morgan fingerprint density at radius 1 is 1.38 bits per heavy atom. The highest BCUT2D eigenvalue weighted by molar-refractivity contribution is 5.89. The van der Waals surface area contributed by atoms with E-state index in [1.54, 1.807) is 6.20 Å². The molecule has 3 heterocycles. The highest BCUT2D eigenvalue weighted by Crippen LogP contribution is 2.21. The Hall–Kier alpha value is -2.34. The summed E-state index contributed by atoms with van der Waals surface area (Å²) in [5.41, 5.74) is 3.78. The molecule has 0 spiro atoms. The number of carbonyl (C=O) groups excluding carboxylic acids is 1. The maximum atomic E-state index is 12.0. The Morgan fingerprint density at radius 3 is 3.00 bits per heavy atom. The van der Waals surface area contributed by atoms with Crippen molar-refractivity contribution in [2.75, 3.05) is 13.7 Å². The van der Waals surface area contributed by atoms with Gasteiger partial charge in [-0.2, -0.15) is 0 Å². The quantitative estimate of drug-likeness (QED) is 0.837. The summed E-state index contributed by atoms with van der Waals surface area (Å²) in [5.74, 6) is 0.0333. The predicted octanol–water partition coefficient (Wildman–Crippen LogP) is 1.28. The number of ether oxygens (including phenoxy) is 1. The molecule has 1 aliphatic rings. The largest absolute Gasteiger partial charge is 0.464 e. The van der Waals surface area contributed by atoms with Crippen LogP contribution >= 0.6 is 0 Å². The van der Waals surface area contributed by atoms with Crippen LogP contribution < -0.4 is 5.32 Å². The minimum Gasteiger partial charge on any atom is -0.464 e. The van der Waals surface area contributed by atoms with E-state index in [0.29, 0.717) is 23.8 Å². The minimum atomic E-state index is -0.439. The Bertz CT molecular complexity index is 700. The number of hydrogen-bond donors (Lipinski definition) is 1. The van der Waals surface area contributed by atoms with Crippen molar-refractivity contribution >= 4 is 5.97 Å². The molecule has 0 saturated carbocycles. The summed E-state index contributed by atoms with van der Waals surface area (Å²) in [5, 5.41) is 3.23. The second kappa shape index (κ2) is 5.57.